The molecule has 2 aromatic rings. The van der Waals surface area contributed by atoms with Crippen molar-refractivity contribution in [1.82, 2.24) is 15.6 Å². The number of fused-ring (bicyclic) bond motifs is 1. The quantitative estimate of drug-likeness (QED) is 0.848. The number of hydrogen-bond acceptors (Lipinski definition) is 4. The van der Waals surface area contributed by atoms with Gasteiger partial charge in [-0.25, -0.2) is 4.98 Å². The first-order valence-electron chi connectivity index (χ1n) is 6.13. The number of benzene rings is 1. The standard InChI is InChI=1S/C13H15N3O2/c17-13(10-3-4-14-7-10)15-6-9-1-2-11-12(5-9)18-8-16-11/h1-2,5,8,10,14H,3-4,6-7H2,(H,15,17). The highest BCUT2D eigenvalue weighted by molar-refractivity contribution is 5.79. The molecule has 0 bridgehead atoms. The normalized spacial score (nSPS) is 19.2. The maximum absolute atomic E-state index is 11.8. The van der Waals surface area contributed by atoms with Crippen molar-refractivity contribution in [3.8, 4) is 0 Å². The predicted octanol–water partition coefficient (Wildman–Crippen LogP) is 1.05. The van der Waals surface area contributed by atoms with Crippen LogP contribution in [-0.4, -0.2) is 24.0 Å². The van der Waals surface area contributed by atoms with Crippen LogP contribution in [0.2, 0.25) is 0 Å². The summed E-state index contributed by atoms with van der Waals surface area (Å²) in [5, 5.41) is 6.14. The fraction of sp³-hybridized carbons (Fsp3) is 0.385. The summed E-state index contributed by atoms with van der Waals surface area (Å²) in [5.41, 5.74) is 2.62. The Labute approximate surface area is 105 Å². The third-order valence-corrected chi connectivity index (χ3v) is 3.29. The highest BCUT2D eigenvalue weighted by Gasteiger charge is 2.21. The zero-order valence-electron chi connectivity index (χ0n) is 9.98. The summed E-state index contributed by atoms with van der Waals surface area (Å²) in [7, 11) is 0. The van der Waals surface area contributed by atoms with Gasteiger partial charge < -0.3 is 15.1 Å². The van der Waals surface area contributed by atoms with Crippen LogP contribution in [0.25, 0.3) is 11.1 Å². The molecule has 1 aromatic heterocycles. The van der Waals surface area contributed by atoms with Crippen LogP contribution in [0, 0.1) is 5.92 Å². The monoisotopic (exact) mass is 245 g/mol. The van der Waals surface area contributed by atoms with Crippen molar-refractivity contribution < 1.29 is 9.21 Å². The second-order valence-electron chi connectivity index (χ2n) is 4.56. The van der Waals surface area contributed by atoms with Crippen molar-refractivity contribution in [2.75, 3.05) is 13.1 Å². The lowest BCUT2D eigenvalue weighted by molar-refractivity contribution is -0.124. The first-order valence-corrected chi connectivity index (χ1v) is 6.13. The summed E-state index contributed by atoms with van der Waals surface area (Å²) in [4.78, 5) is 15.9. The molecule has 1 atom stereocenters. The fourth-order valence-corrected chi connectivity index (χ4v) is 2.22. The molecular formula is C13H15N3O2. The number of rotatable bonds is 3. The summed E-state index contributed by atoms with van der Waals surface area (Å²) >= 11 is 0. The van der Waals surface area contributed by atoms with E-state index in [0.717, 1.165) is 36.2 Å². The molecule has 1 unspecified atom stereocenters. The Hall–Kier alpha value is -1.88. The van der Waals surface area contributed by atoms with E-state index in [1.54, 1.807) is 0 Å². The maximum atomic E-state index is 11.8. The van der Waals surface area contributed by atoms with Crippen molar-refractivity contribution >= 4 is 17.0 Å². The van der Waals surface area contributed by atoms with Crippen molar-refractivity contribution in [3.63, 3.8) is 0 Å². The van der Waals surface area contributed by atoms with Gasteiger partial charge in [0.05, 0.1) is 5.92 Å². The predicted molar refractivity (Wildman–Crippen MR) is 66.8 cm³/mol. The molecule has 1 fully saturated rings. The number of hydrogen-bond donors (Lipinski definition) is 2. The minimum absolute atomic E-state index is 0.110. The van der Waals surface area contributed by atoms with Gasteiger partial charge in [-0.3, -0.25) is 4.79 Å². The smallest absolute Gasteiger partial charge is 0.224 e. The van der Waals surface area contributed by atoms with Crippen molar-refractivity contribution in [2.45, 2.75) is 13.0 Å². The summed E-state index contributed by atoms with van der Waals surface area (Å²) < 4.78 is 5.23. The Morgan fingerprint density at radius 2 is 2.50 bits per heavy atom. The average Bonchev–Trinajstić information content (AvgIpc) is 3.05. The van der Waals surface area contributed by atoms with Crippen LogP contribution < -0.4 is 10.6 Å². The molecule has 0 saturated carbocycles. The molecule has 5 nitrogen and oxygen atoms in total. The van der Waals surface area contributed by atoms with E-state index < -0.39 is 0 Å². The maximum Gasteiger partial charge on any atom is 0.224 e. The molecule has 18 heavy (non-hydrogen) atoms. The average molecular weight is 245 g/mol. The van der Waals surface area contributed by atoms with E-state index in [2.05, 4.69) is 15.6 Å². The van der Waals surface area contributed by atoms with Gasteiger partial charge in [-0.05, 0) is 30.7 Å². The molecule has 0 aliphatic carbocycles. The van der Waals surface area contributed by atoms with E-state index in [9.17, 15) is 4.79 Å². The molecule has 1 aliphatic rings. The van der Waals surface area contributed by atoms with Crippen LogP contribution in [0.3, 0.4) is 0 Å². The van der Waals surface area contributed by atoms with Gasteiger partial charge in [0.1, 0.15) is 5.52 Å². The van der Waals surface area contributed by atoms with Crippen LogP contribution in [0.4, 0.5) is 0 Å². The van der Waals surface area contributed by atoms with E-state index in [-0.39, 0.29) is 11.8 Å². The molecule has 2 N–H and O–H groups in total. The lowest BCUT2D eigenvalue weighted by Gasteiger charge is -2.09. The Morgan fingerprint density at radius 3 is 3.33 bits per heavy atom. The van der Waals surface area contributed by atoms with Crippen LogP contribution in [0.15, 0.2) is 29.0 Å². The molecule has 1 aromatic carbocycles. The Balaban J connectivity index is 1.63. The number of oxazole rings is 1. The zero-order valence-corrected chi connectivity index (χ0v) is 9.98. The molecule has 3 rings (SSSR count). The molecule has 0 radical (unpaired) electrons. The van der Waals surface area contributed by atoms with Gasteiger partial charge in [0.25, 0.3) is 0 Å². The van der Waals surface area contributed by atoms with Gasteiger partial charge in [0.2, 0.25) is 5.91 Å². The molecule has 1 amide bonds. The first-order chi connectivity index (χ1) is 8.83. The lowest BCUT2D eigenvalue weighted by atomic mass is 10.1. The first kappa shape index (κ1) is 11.2. The van der Waals surface area contributed by atoms with Crippen LogP contribution in [0.5, 0.6) is 0 Å². The topological polar surface area (TPSA) is 67.2 Å². The highest BCUT2D eigenvalue weighted by Crippen LogP contribution is 2.14. The Bertz CT molecular complexity index is 558. The number of carbonyl (C=O) groups excluding carboxylic acids is 1. The second-order valence-corrected chi connectivity index (χ2v) is 4.56. The van der Waals surface area contributed by atoms with Crippen LogP contribution >= 0.6 is 0 Å². The SMILES string of the molecule is O=C(NCc1ccc2ncoc2c1)C1CCNC1. The zero-order chi connectivity index (χ0) is 12.4. The lowest BCUT2D eigenvalue weighted by Crippen LogP contribution is -2.31. The Kier molecular flexibility index (Phi) is 2.98. The van der Waals surface area contributed by atoms with E-state index in [1.807, 2.05) is 18.2 Å². The van der Waals surface area contributed by atoms with Gasteiger partial charge in [-0.2, -0.15) is 0 Å². The molecular weight excluding hydrogens is 230 g/mol. The van der Waals surface area contributed by atoms with E-state index in [4.69, 9.17) is 4.42 Å². The van der Waals surface area contributed by atoms with Crippen molar-refractivity contribution in [2.24, 2.45) is 5.92 Å². The molecule has 0 spiro atoms. The second kappa shape index (κ2) is 4.78. The highest BCUT2D eigenvalue weighted by atomic mass is 16.3. The van der Waals surface area contributed by atoms with Gasteiger partial charge in [0.15, 0.2) is 12.0 Å². The molecule has 5 heteroatoms. The van der Waals surface area contributed by atoms with Gasteiger partial charge >= 0.3 is 0 Å². The summed E-state index contributed by atoms with van der Waals surface area (Å²) in [6, 6.07) is 5.77. The van der Waals surface area contributed by atoms with Gasteiger partial charge in [-0.1, -0.05) is 6.07 Å². The number of carbonyl (C=O) groups is 1. The van der Waals surface area contributed by atoms with Crippen LogP contribution in [0.1, 0.15) is 12.0 Å². The van der Waals surface area contributed by atoms with Crippen LogP contribution in [-0.2, 0) is 11.3 Å². The third kappa shape index (κ3) is 2.22. The largest absolute Gasteiger partial charge is 0.443 e. The number of aromatic nitrogens is 1. The summed E-state index contributed by atoms with van der Waals surface area (Å²) in [6.07, 6.45) is 2.35. The molecule has 2 heterocycles. The Morgan fingerprint density at radius 1 is 1.56 bits per heavy atom. The third-order valence-electron chi connectivity index (χ3n) is 3.29. The number of nitrogens with one attached hydrogen (secondary N) is 2. The van der Waals surface area contributed by atoms with Gasteiger partial charge in [0, 0.05) is 13.1 Å². The molecule has 1 saturated heterocycles. The fourth-order valence-electron chi connectivity index (χ4n) is 2.22. The minimum Gasteiger partial charge on any atom is -0.443 e. The number of amides is 1. The molecule has 1 aliphatic heterocycles. The van der Waals surface area contributed by atoms with E-state index >= 15 is 0 Å². The molecule has 94 valence electrons. The van der Waals surface area contributed by atoms with Gasteiger partial charge in [-0.15, -0.1) is 0 Å². The summed E-state index contributed by atoms with van der Waals surface area (Å²) in [6.45, 7) is 2.25. The van der Waals surface area contributed by atoms with Crippen molar-refractivity contribution in [3.05, 3.63) is 30.2 Å². The van der Waals surface area contributed by atoms with E-state index in [1.165, 1.54) is 6.39 Å². The van der Waals surface area contributed by atoms with Crippen molar-refractivity contribution in [1.29, 1.82) is 0 Å². The number of nitrogens with zero attached hydrogens (tertiary/aromatic N) is 1. The summed E-state index contributed by atoms with van der Waals surface area (Å²) in [5.74, 6) is 0.233. The minimum atomic E-state index is 0.110. The van der Waals surface area contributed by atoms with E-state index in [0.29, 0.717) is 6.54 Å².